The number of aromatic nitrogens is 1. The number of hydrogen-bond donors (Lipinski definition) is 1. The summed E-state index contributed by atoms with van der Waals surface area (Å²) in [5.41, 5.74) is 3.31. The van der Waals surface area contributed by atoms with E-state index in [1.54, 1.807) is 12.1 Å². The number of benzene rings is 2. The highest BCUT2D eigenvalue weighted by molar-refractivity contribution is 6.31. The first-order chi connectivity index (χ1) is 15.1. The van der Waals surface area contributed by atoms with E-state index in [2.05, 4.69) is 27.0 Å². The zero-order valence-electron chi connectivity index (χ0n) is 17.4. The third kappa shape index (κ3) is 4.14. The molecule has 5 nitrogen and oxygen atoms in total. The molecule has 0 atom stereocenters. The lowest BCUT2D eigenvalue weighted by Gasteiger charge is -2.32. The molecular formula is C24H26ClFN4O. The van der Waals surface area contributed by atoms with Crippen molar-refractivity contribution in [1.82, 2.24) is 19.7 Å². The van der Waals surface area contributed by atoms with Crippen LogP contribution in [0.15, 0.2) is 48.7 Å². The number of carbonyl (C=O) groups is 1. The van der Waals surface area contributed by atoms with Gasteiger partial charge in [0, 0.05) is 48.5 Å². The van der Waals surface area contributed by atoms with Crippen LogP contribution in [0.4, 0.5) is 9.18 Å². The van der Waals surface area contributed by atoms with Gasteiger partial charge in [-0.05, 0) is 73.8 Å². The van der Waals surface area contributed by atoms with Gasteiger partial charge in [0.15, 0.2) is 0 Å². The van der Waals surface area contributed by atoms with Crippen molar-refractivity contribution in [2.75, 3.05) is 39.3 Å². The Morgan fingerprint density at radius 2 is 1.81 bits per heavy atom. The predicted molar refractivity (Wildman–Crippen MR) is 122 cm³/mol. The number of urea groups is 1. The van der Waals surface area contributed by atoms with E-state index in [4.69, 9.17) is 11.6 Å². The maximum atomic E-state index is 13.4. The summed E-state index contributed by atoms with van der Waals surface area (Å²) < 4.78 is 15.6. The highest BCUT2D eigenvalue weighted by atomic mass is 35.5. The van der Waals surface area contributed by atoms with Gasteiger partial charge in [-0.15, -0.1) is 0 Å². The molecule has 2 aromatic carbocycles. The number of piperidine rings is 1. The lowest BCUT2D eigenvalue weighted by molar-refractivity contribution is 0.181. The highest BCUT2D eigenvalue weighted by Gasteiger charge is 2.26. The minimum absolute atomic E-state index is 0.0575. The number of fused-ring (bicyclic) bond motifs is 1. The highest BCUT2D eigenvalue weighted by Crippen LogP contribution is 2.36. The van der Waals surface area contributed by atoms with Crippen LogP contribution in [0.2, 0.25) is 5.02 Å². The molecule has 0 aliphatic carbocycles. The zero-order chi connectivity index (χ0) is 21.4. The Hall–Kier alpha value is -2.57. The van der Waals surface area contributed by atoms with Gasteiger partial charge in [-0.2, -0.15) is 0 Å². The summed E-state index contributed by atoms with van der Waals surface area (Å²) in [6.45, 7) is 5.32. The Kier molecular flexibility index (Phi) is 5.59. The third-order valence-electron chi connectivity index (χ3n) is 6.56. The number of halogens is 2. The van der Waals surface area contributed by atoms with Crippen LogP contribution in [0.3, 0.4) is 0 Å². The summed E-state index contributed by atoms with van der Waals surface area (Å²) >= 11 is 6.30. The number of hydrogen-bond acceptors (Lipinski definition) is 2. The number of carbonyl (C=O) groups excluding carboxylic acids is 1. The molecular weight excluding hydrogens is 415 g/mol. The number of likely N-dealkylation sites (tertiary alicyclic amines) is 1. The van der Waals surface area contributed by atoms with Crippen LogP contribution >= 0.6 is 11.6 Å². The van der Waals surface area contributed by atoms with E-state index in [9.17, 15) is 9.18 Å². The fourth-order valence-electron chi connectivity index (χ4n) is 4.82. The fourth-order valence-corrected chi connectivity index (χ4v) is 4.99. The molecule has 0 saturated carbocycles. The quantitative estimate of drug-likeness (QED) is 0.628. The average Bonchev–Trinajstić information content (AvgIpc) is 3.36. The molecule has 0 spiro atoms. The first-order valence-corrected chi connectivity index (χ1v) is 11.3. The molecule has 31 heavy (non-hydrogen) atoms. The molecule has 1 aromatic heterocycles. The van der Waals surface area contributed by atoms with Crippen LogP contribution in [-0.4, -0.2) is 59.7 Å². The van der Waals surface area contributed by atoms with Crippen molar-refractivity contribution in [1.29, 1.82) is 0 Å². The second kappa shape index (κ2) is 8.52. The van der Waals surface area contributed by atoms with Crippen molar-refractivity contribution in [3.63, 3.8) is 0 Å². The molecule has 0 bridgehead atoms. The molecule has 2 fully saturated rings. The normalized spacial score (nSPS) is 18.1. The third-order valence-corrected chi connectivity index (χ3v) is 6.80. The van der Waals surface area contributed by atoms with E-state index in [1.807, 2.05) is 17.0 Å². The number of nitrogens with zero attached hydrogens (tertiary/aromatic N) is 3. The largest absolute Gasteiger partial charge is 0.336 e. The molecule has 5 rings (SSSR count). The van der Waals surface area contributed by atoms with Gasteiger partial charge < -0.3 is 19.7 Å². The second-order valence-corrected chi connectivity index (χ2v) is 8.86. The van der Waals surface area contributed by atoms with Crippen molar-refractivity contribution in [2.24, 2.45) is 0 Å². The van der Waals surface area contributed by atoms with E-state index in [1.165, 1.54) is 23.1 Å². The zero-order valence-corrected chi connectivity index (χ0v) is 18.1. The molecule has 7 heteroatoms. The minimum Gasteiger partial charge on any atom is -0.336 e. The minimum atomic E-state index is -0.239. The number of amides is 2. The Bertz CT molecular complexity index is 1090. The van der Waals surface area contributed by atoms with Crippen molar-refractivity contribution in [3.05, 3.63) is 65.1 Å². The van der Waals surface area contributed by atoms with Gasteiger partial charge >= 0.3 is 6.03 Å². The Morgan fingerprint density at radius 1 is 1.03 bits per heavy atom. The lowest BCUT2D eigenvalue weighted by atomic mass is 9.89. The molecule has 0 unspecified atom stereocenters. The van der Waals surface area contributed by atoms with E-state index in [0.29, 0.717) is 10.9 Å². The fraction of sp³-hybridized carbons (Fsp3) is 0.375. The molecule has 2 aliphatic rings. The maximum Gasteiger partial charge on any atom is 0.317 e. The van der Waals surface area contributed by atoms with Crippen molar-refractivity contribution in [3.8, 4) is 5.69 Å². The summed E-state index contributed by atoms with van der Waals surface area (Å²) in [5.74, 6) is 0.231. The Balaban J connectivity index is 1.33. The van der Waals surface area contributed by atoms with Gasteiger partial charge in [0.05, 0.1) is 5.52 Å². The molecule has 2 aliphatic heterocycles. The molecule has 0 radical (unpaired) electrons. The summed E-state index contributed by atoms with van der Waals surface area (Å²) in [6, 6.07) is 12.7. The Labute approximate surface area is 186 Å². The lowest BCUT2D eigenvalue weighted by Crippen LogP contribution is -2.40. The molecule has 2 saturated heterocycles. The Morgan fingerprint density at radius 3 is 2.52 bits per heavy atom. The van der Waals surface area contributed by atoms with E-state index in [-0.39, 0.29) is 11.8 Å². The molecule has 1 N–H and O–H groups in total. The van der Waals surface area contributed by atoms with Crippen LogP contribution in [0.5, 0.6) is 0 Å². The van der Waals surface area contributed by atoms with Crippen LogP contribution in [0.25, 0.3) is 16.6 Å². The molecule has 2 amide bonds. The second-order valence-electron chi connectivity index (χ2n) is 8.43. The van der Waals surface area contributed by atoms with Crippen molar-refractivity contribution in [2.45, 2.75) is 18.8 Å². The summed E-state index contributed by atoms with van der Waals surface area (Å²) in [6.07, 6.45) is 4.36. The van der Waals surface area contributed by atoms with Gasteiger partial charge in [0.25, 0.3) is 0 Å². The summed E-state index contributed by atoms with van der Waals surface area (Å²) in [4.78, 5) is 16.1. The van der Waals surface area contributed by atoms with Gasteiger partial charge in [-0.3, -0.25) is 0 Å². The maximum absolute atomic E-state index is 13.4. The topological polar surface area (TPSA) is 40.5 Å². The first kappa shape index (κ1) is 20.3. The van der Waals surface area contributed by atoms with E-state index < -0.39 is 0 Å². The average molecular weight is 441 g/mol. The summed E-state index contributed by atoms with van der Waals surface area (Å²) in [5, 5.41) is 4.77. The van der Waals surface area contributed by atoms with Crippen LogP contribution in [0.1, 0.15) is 24.3 Å². The first-order valence-electron chi connectivity index (χ1n) is 10.9. The standard InChI is InChI=1S/C24H26ClFN4O/c25-18-1-6-21-22(16-30(23(21)15-18)20-4-2-19(26)3-5-20)17-7-10-28(11-8-17)13-14-29-12-9-27-24(29)31/h1-6,15-17H,7-14H2,(H,27,31). The predicted octanol–water partition coefficient (Wildman–Crippen LogP) is 4.63. The van der Waals surface area contributed by atoms with E-state index in [0.717, 1.165) is 63.3 Å². The van der Waals surface area contributed by atoms with Gasteiger partial charge in [0.2, 0.25) is 0 Å². The number of nitrogens with one attached hydrogen (secondary N) is 1. The van der Waals surface area contributed by atoms with Crippen molar-refractivity contribution >= 4 is 28.5 Å². The van der Waals surface area contributed by atoms with Crippen LogP contribution in [0, 0.1) is 5.82 Å². The van der Waals surface area contributed by atoms with Gasteiger partial charge in [-0.25, -0.2) is 9.18 Å². The van der Waals surface area contributed by atoms with Crippen molar-refractivity contribution < 1.29 is 9.18 Å². The molecule has 162 valence electrons. The number of rotatable bonds is 5. The van der Waals surface area contributed by atoms with Crippen LogP contribution in [-0.2, 0) is 0 Å². The van der Waals surface area contributed by atoms with E-state index >= 15 is 0 Å². The van der Waals surface area contributed by atoms with Crippen LogP contribution < -0.4 is 5.32 Å². The smallest absolute Gasteiger partial charge is 0.317 e. The summed E-state index contributed by atoms with van der Waals surface area (Å²) in [7, 11) is 0. The SMILES string of the molecule is O=C1NCCN1CCN1CCC(c2cn(-c3ccc(F)cc3)c3cc(Cl)ccc23)CC1. The monoisotopic (exact) mass is 440 g/mol. The van der Waals surface area contributed by atoms with Gasteiger partial charge in [-0.1, -0.05) is 17.7 Å². The molecule has 3 heterocycles. The molecule has 3 aromatic rings. The van der Waals surface area contributed by atoms with Gasteiger partial charge in [0.1, 0.15) is 5.82 Å².